The van der Waals surface area contributed by atoms with Crippen LogP contribution in [0, 0.1) is 0 Å². The minimum absolute atomic E-state index is 0.0188. The topological polar surface area (TPSA) is 84.7 Å². The molecule has 2 amide bonds. The summed E-state index contributed by atoms with van der Waals surface area (Å²) in [6, 6.07) is 11.1. The lowest BCUT2D eigenvalue weighted by molar-refractivity contribution is -0.134. The van der Waals surface area contributed by atoms with Crippen molar-refractivity contribution in [3.05, 3.63) is 59.5 Å². The number of likely N-dealkylation sites (N-methyl/N-ethyl adjacent to an activating group) is 1. The van der Waals surface area contributed by atoms with Crippen LogP contribution in [0.1, 0.15) is 11.5 Å². The van der Waals surface area contributed by atoms with Gasteiger partial charge in [-0.25, -0.2) is 4.98 Å². The van der Waals surface area contributed by atoms with E-state index < -0.39 is 0 Å². The Kier molecular flexibility index (Phi) is 6.44. The van der Waals surface area contributed by atoms with Gasteiger partial charge in [0.05, 0.1) is 38.6 Å². The minimum Gasteiger partial charge on any atom is -0.497 e. The molecule has 0 fully saturated rings. The lowest BCUT2D eigenvalue weighted by Crippen LogP contribution is -2.38. The molecule has 0 spiro atoms. The van der Waals surface area contributed by atoms with E-state index in [0.717, 1.165) is 16.3 Å². The number of carbonyl (C=O) groups excluding carboxylic acids is 2. The number of carbonyl (C=O) groups is 2. The Morgan fingerprint density at radius 3 is 2.71 bits per heavy atom. The van der Waals surface area contributed by atoms with Crippen molar-refractivity contribution in [3.8, 4) is 16.3 Å². The number of aromatic nitrogens is 1. The average Bonchev–Trinajstić information content (AvgIpc) is 3.38. The van der Waals surface area contributed by atoms with Gasteiger partial charge in [-0.3, -0.25) is 9.59 Å². The Morgan fingerprint density at radius 1 is 1.25 bits per heavy atom. The molecule has 7 nitrogen and oxygen atoms in total. The Hall–Kier alpha value is -3.13. The zero-order valence-corrected chi connectivity index (χ0v) is 16.5. The molecule has 28 heavy (non-hydrogen) atoms. The van der Waals surface area contributed by atoms with Gasteiger partial charge in [-0.15, -0.1) is 11.3 Å². The fraction of sp³-hybridized carbons (Fsp3) is 0.250. The highest BCUT2D eigenvalue weighted by Crippen LogP contribution is 2.25. The minimum atomic E-state index is -0.246. The summed E-state index contributed by atoms with van der Waals surface area (Å²) in [5, 5.41) is 5.42. The lowest BCUT2D eigenvalue weighted by atomic mass is 10.2. The van der Waals surface area contributed by atoms with E-state index in [-0.39, 0.29) is 24.8 Å². The number of benzene rings is 1. The molecule has 2 aromatic heterocycles. The monoisotopic (exact) mass is 399 g/mol. The van der Waals surface area contributed by atoms with Gasteiger partial charge in [0, 0.05) is 18.0 Å². The second kappa shape index (κ2) is 9.18. The number of rotatable bonds is 8. The molecule has 8 heteroatoms. The predicted octanol–water partition coefficient (Wildman–Crippen LogP) is 2.73. The van der Waals surface area contributed by atoms with Crippen molar-refractivity contribution in [2.75, 3.05) is 20.7 Å². The molecule has 0 atom stereocenters. The van der Waals surface area contributed by atoms with Gasteiger partial charge in [0.2, 0.25) is 11.8 Å². The molecule has 0 saturated carbocycles. The van der Waals surface area contributed by atoms with Crippen molar-refractivity contribution in [1.29, 1.82) is 0 Å². The van der Waals surface area contributed by atoms with Crippen molar-refractivity contribution < 1.29 is 18.7 Å². The number of hydrogen-bond donors (Lipinski definition) is 1. The maximum atomic E-state index is 12.4. The van der Waals surface area contributed by atoms with E-state index in [9.17, 15) is 9.59 Å². The van der Waals surface area contributed by atoms with Crippen molar-refractivity contribution in [3.63, 3.8) is 0 Å². The summed E-state index contributed by atoms with van der Waals surface area (Å²) >= 11 is 1.48. The van der Waals surface area contributed by atoms with E-state index in [1.54, 1.807) is 32.6 Å². The highest BCUT2D eigenvalue weighted by Gasteiger charge is 2.15. The number of hydrogen-bond acceptors (Lipinski definition) is 6. The van der Waals surface area contributed by atoms with Crippen molar-refractivity contribution in [1.82, 2.24) is 15.2 Å². The maximum absolute atomic E-state index is 12.4. The van der Waals surface area contributed by atoms with Crippen molar-refractivity contribution in [2.24, 2.45) is 0 Å². The quantitative estimate of drug-likeness (QED) is 0.630. The molecule has 0 aliphatic heterocycles. The Balaban J connectivity index is 1.50. The van der Waals surface area contributed by atoms with E-state index in [4.69, 9.17) is 9.15 Å². The maximum Gasteiger partial charge on any atom is 0.239 e. The number of amides is 2. The van der Waals surface area contributed by atoms with E-state index in [1.807, 2.05) is 29.6 Å². The fourth-order valence-electron chi connectivity index (χ4n) is 2.50. The van der Waals surface area contributed by atoms with Gasteiger partial charge in [0.1, 0.15) is 16.5 Å². The summed E-state index contributed by atoms with van der Waals surface area (Å²) in [6.07, 6.45) is 1.69. The van der Waals surface area contributed by atoms with Gasteiger partial charge >= 0.3 is 0 Å². The highest BCUT2D eigenvalue weighted by molar-refractivity contribution is 7.13. The zero-order valence-electron chi connectivity index (χ0n) is 15.7. The molecule has 0 aliphatic rings. The number of furan rings is 1. The second-order valence-corrected chi connectivity index (χ2v) is 7.01. The van der Waals surface area contributed by atoms with E-state index in [2.05, 4.69) is 10.3 Å². The molecule has 146 valence electrons. The Labute approximate surface area is 167 Å². The molecular weight excluding hydrogens is 378 g/mol. The second-order valence-electron chi connectivity index (χ2n) is 6.16. The van der Waals surface area contributed by atoms with Gasteiger partial charge in [0.25, 0.3) is 0 Å². The van der Waals surface area contributed by atoms with Gasteiger partial charge in [0.15, 0.2) is 0 Å². The molecule has 2 heterocycles. The number of methoxy groups -OCH3 is 1. The SMILES string of the molecule is COc1ccc(-c2nc(CC(=O)N(C)CC(=O)NCc3ccco3)cs2)cc1. The van der Waals surface area contributed by atoms with Crippen LogP contribution in [0.3, 0.4) is 0 Å². The largest absolute Gasteiger partial charge is 0.497 e. The summed E-state index contributed by atoms with van der Waals surface area (Å²) in [5.74, 6) is 1.03. The van der Waals surface area contributed by atoms with Crippen LogP contribution in [-0.2, 0) is 22.6 Å². The first kappa shape index (κ1) is 19.6. The van der Waals surface area contributed by atoms with E-state index in [1.165, 1.54) is 16.2 Å². The fourth-order valence-corrected chi connectivity index (χ4v) is 3.33. The molecule has 3 aromatic rings. The van der Waals surface area contributed by atoms with Crippen LogP contribution >= 0.6 is 11.3 Å². The first-order valence-electron chi connectivity index (χ1n) is 8.67. The number of ether oxygens (including phenoxy) is 1. The molecule has 0 radical (unpaired) electrons. The van der Waals surface area contributed by atoms with Gasteiger partial charge in [-0.1, -0.05) is 0 Å². The van der Waals surface area contributed by atoms with Crippen LogP contribution in [0.15, 0.2) is 52.5 Å². The number of thiazole rings is 1. The van der Waals surface area contributed by atoms with Crippen molar-refractivity contribution in [2.45, 2.75) is 13.0 Å². The molecule has 0 bridgehead atoms. The Bertz CT molecular complexity index is 919. The predicted molar refractivity (Wildman–Crippen MR) is 106 cm³/mol. The zero-order chi connectivity index (χ0) is 19.9. The third kappa shape index (κ3) is 5.20. The van der Waals surface area contributed by atoms with E-state index >= 15 is 0 Å². The van der Waals surface area contributed by atoms with Crippen LogP contribution in [0.5, 0.6) is 5.75 Å². The smallest absolute Gasteiger partial charge is 0.239 e. The van der Waals surface area contributed by atoms with Gasteiger partial charge < -0.3 is 19.4 Å². The third-order valence-electron chi connectivity index (χ3n) is 4.07. The summed E-state index contributed by atoms with van der Waals surface area (Å²) in [6.45, 7) is 0.278. The highest BCUT2D eigenvalue weighted by atomic mass is 32.1. The van der Waals surface area contributed by atoms with Crippen LogP contribution in [0.25, 0.3) is 10.6 Å². The molecule has 1 N–H and O–H groups in total. The first-order valence-corrected chi connectivity index (χ1v) is 9.55. The summed E-state index contributed by atoms with van der Waals surface area (Å²) < 4.78 is 10.3. The molecule has 3 rings (SSSR count). The number of nitrogens with one attached hydrogen (secondary N) is 1. The lowest BCUT2D eigenvalue weighted by Gasteiger charge is -2.16. The van der Waals surface area contributed by atoms with E-state index in [0.29, 0.717) is 18.0 Å². The Morgan fingerprint density at radius 2 is 2.04 bits per heavy atom. The van der Waals surface area contributed by atoms with Crippen LogP contribution in [-0.4, -0.2) is 42.4 Å². The third-order valence-corrected chi connectivity index (χ3v) is 5.01. The molecular formula is C20H21N3O4S. The van der Waals surface area contributed by atoms with Gasteiger partial charge in [-0.2, -0.15) is 0 Å². The molecule has 1 aromatic carbocycles. The van der Waals surface area contributed by atoms with Crippen LogP contribution < -0.4 is 10.1 Å². The molecule has 0 saturated heterocycles. The number of nitrogens with zero attached hydrogens (tertiary/aromatic N) is 2. The molecule has 0 unspecified atom stereocenters. The van der Waals surface area contributed by atoms with Crippen LogP contribution in [0.4, 0.5) is 0 Å². The normalized spacial score (nSPS) is 10.5. The van der Waals surface area contributed by atoms with Crippen molar-refractivity contribution >= 4 is 23.2 Å². The summed E-state index contributed by atoms with van der Waals surface area (Å²) in [4.78, 5) is 30.3. The summed E-state index contributed by atoms with van der Waals surface area (Å²) in [7, 11) is 3.22. The standard InChI is InChI=1S/C20H21N3O4S/c1-23(12-18(24)21-11-17-4-3-9-27-17)19(25)10-15-13-28-20(22-15)14-5-7-16(26-2)8-6-14/h3-9,13H,10-12H2,1-2H3,(H,21,24). The van der Waals surface area contributed by atoms with Crippen LogP contribution in [0.2, 0.25) is 0 Å². The first-order chi connectivity index (χ1) is 13.5. The van der Waals surface area contributed by atoms with Gasteiger partial charge in [-0.05, 0) is 36.4 Å². The average molecular weight is 399 g/mol. The summed E-state index contributed by atoms with van der Waals surface area (Å²) in [5.41, 5.74) is 1.65. The molecule has 0 aliphatic carbocycles.